The van der Waals surface area contributed by atoms with Crippen molar-refractivity contribution in [1.29, 1.82) is 0 Å². The van der Waals surface area contributed by atoms with E-state index < -0.39 is 0 Å². The summed E-state index contributed by atoms with van der Waals surface area (Å²) in [6, 6.07) is 8.57. The molecule has 0 amide bonds. The van der Waals surface area contributed by atoms with Crippen LogP contribution in [0.4, 0.5) is 0 Å². The number of hydrogen-bond donors (Lipinski definition) is 0. The van der Waals surface area contributed by atoms with E-state index in [2.05, 4.69) is 0 Å². The van der Waals surface area contributed by atoms with Crippen molar-refractivity contribution in [2.45, 2.75) is 0 Å². The van der Waals surface area contributed by atoms with E-state index in [0.29, 0.717) is 11.3 Å². The van der Waals surface area contributed by atoms with Crippen LogP contribution in [-0.4, -0.2) is 17.5 Å². The van der Waals surface area contributed by atoms with Gasteiger partial charge in [-0.05, 0) is 12.1 Å². The molecule has 84 valence electrons. The maximum absolute atomic E-state index is 12.0. The molecule has 0 fully saturated rings. The Kier molecular flexibility index (Phi) is 1.92. The SMILES string of the molecule is COc1cn2c(cc1=O)[13C](=O)c1ccccc1-2. The number of rotatable bonds is 1. The van der Waals surface area contributed by atoms with Crippen molar-refractivity contribution in [3.63, 3.8) is 0 Å². The number of fused-ring (bicyclic) bond motifs is 3. The average Bonchev–Trinajstić information content (AvgIpc) is 2.63. The first-order chi connectivity index (χ1) is 8.22. The van der Waals surface area contributed by atoms with Crippen LogP contribution in [-0.2, 0) is 0 Å². The number of pyridine rings is 1. The van der Waals surface area contributed by atoms with Crippen LogP contribution in [0.25, 0.3) is 5.69 Å². The monoisotopic (exact) mass is 228 g/mol. The Hall–Kier alpha value is -2.36. The van der Waals surface area contributed by atoms with Gasteiger partial charge in [-0.3, -0.25) is 9.59 Å². The Balaban J connectivity index is 2.37. The average molecular weight is 228 g/mol. The van der Waals surface area contributed by atoms with Crippen LogP contribution in [0.3, 0.4) is 0 Å². The van der Waals surface area contributed by atoms with E-state index in [9.17, 15) is 9.59 Å². The number of ketones is 1. The number of carbonyl (C=O) groups is 1. The van der Waals surface area contributed by atoms with Gasteiger partial charge in [0.2, 0.25) is 11.2 Å². The number of ether oxygens (including phenoxy) is 1. The summed E-state index contributed by atoms with van der Waals surface area (Å²) in [5.41, 5.74) is 1.50. The molecule has 2 aromatic rings. The molecule has 0 atom stereocenters. The second kappa shape index (κ2) is 3.31. The number of methoxy groups -OCH3 is 1. The molecular formula is C13H9NO3. The third-order valence-electron chi connectivity index (χ3n) is 2.88. The quantitative estimate of drug-likeness (QED) is 0.591. The lowest BCUT2D eigenvalue weighted by atomic mass is 10.2. The van der Waals surface area contributed by atoms with E-state index in [-0.39, 0.29) is 17.0 Å². The summed E-state index contributed by atoms with van der Waals surface area (Å²) in [7, 11) is 1.44. The largest absolute Gasteiger partial charge is 0.491 e. The van der Waals surface area contributed by atoms with Crippen molar-refractivity contribution >= 4 is 5.78 Å². The molecule has 0 unspecified atom stereocenters. The Bertz CT molecular complexity index is 685. The van der Waals surface area contributed by atoms with Gasteiger partial charge in [-0.2, -0.15) is 0 Å². The van der Waals surface area contributed by atoms with Gasteiger partial charge in [0.15, 0.2) is 5.75 Å². The maximum Gasteiger partial charge on any atom is 0.224 e. The zero-order chi connectivity index (χ0) is 12.0. The van der Waals surface area contributed by atoms with E-state index in [0.717, 1.165) is 5.69 Å². The first kappa shape index (κ1) is 9.84. The Morgan fingerprint density at radius 3 is 2.71 bits per heavy atom. The van der Waals surface area contributed by atoms with Gasteiger partial charge in [0.1, 0.15) is 0 Å². The number of carbonyl (C=O) groups excluding carboxylic acids is 1. The van der Waals surface area contributed by atoms with E-state index in [4.69, 9.17) is 4.74 Å². The standard InChI is InChI=1S/C13H9NO3/c1-17-12-7-14-9-5-3-2-4-8(9)13(16)10(14)6-11(12)15/h2-7H,1H3/i13+1. The summed E-state index contributed by atoms with van der Waals surface area (Å²) in [4.78, 5) is 23.7. The molecule has 0 aliphatic carbocycles. The van der Waals surface area contributed by atoms with Crippen molar-refractivity contribution in [2.24, 2.45) is 0 Å². The molecule has 0 bridgehead atoms. The summed E-state index contributed by atoms with van der Waals surface area (Å²) in [6.07, 6.45) is 1.56. The van der Waals surface area contributed by atoms with Crippen molar-refractivity contribution < 1.29 is 9.53 Å². The smallest absolute Gasteiger partial charge is 0.224 e. The van der Waals surface area contributed by atoms with Gasteiger partial charge in [0.25, 0.3) is 0 Å². The van der Waals surface area contributed by atoms with Crippen molar-refractivity contribution in [3.05, 3.63) is 58.0 Å². The fraction of sp³-hybridized carbons (Fsp3) is 0.0769. The van der Waals surface area contributed by atoms with Gasteiger partial charge >= 0.3 is 0 Å². The molecule has 0 N–H and O–H groups in total. The molecule has 4 nitrogen and oxygen atoms in total. The molecule has 4 heteroatoms. The van der Waals surface area contributed by atoms with Gasteiger partial charge < -0.3 is 9.30 Å². The van der Waals surface area contributed by atoms with Gasteiger partial charge in [0, 0.05) is 11.6 Å². The fourth-order valence-electron chi connectivity index (χ4n) is 2.06. The molecule has 17 heavy (non-hydrogen) atoms. The van der Waals surface area contributed by atoms with E-state index in [1.54, 1.807) is 22.9 Å². The molecule has 0 saturated heterocycles. The summed E-state index contributed by atoms with van der Waals surface area (Å²) in [6.45, 7) is 0. The molecule has 1 aromatic heterocycles. The number of para-hydroxylation sites is 1. The molecule has 0 radical (unpaired) electrons. The highest BCUT2D eigenvalue weighted by molar-refractivity contribution is 6.13. The summed E-state index contributed by atoms with van der Waals surface area (Å²) >= 11 is 0. The van der Waals surface area contributed by atoms with Crippen LogP contribution in [0.2, 0.25) is 0 Å². The molecule has 1 aliphatic rings. The topological polar surface area (TPSA) is 48.3 Å². The lowest BCUT2D eigenvalue weighted by Gasteiger charge is -2.06. The Morgan fingerprint density at radius 2 is 1.94 bits per heavy atom. The second-order valence-corrected chi connectivity index (χ2v) is 3.81. The predicted octanol–water partition coefficient (Wildman–Crippen LogP) is 1.39. The predicted molar refractivity (Wildman–Crippen MR) is 62.0 cm³/mol. The molecule has 0 spiro atoms. The Labute approximate surface area is 97.1 Å². The number of nitrogens with zero attached hydrogens (tertiary/aromatic N) is 1. The van der Waals surface area contributed by atoms with Crippen LogP contribution in [0.15, 0.2) is 41.3 Å². The normalized spacial score (nSPS) is 12.2. The zero-order valence-corrected chi connectivity index (χ0v) is 9.14. The summed E-state index contributed by atoms with van der Waals surface area (Å²) in [5.74, 6) is 0.110. The van der Waals surface area contributed by atoms with Crippen LogP contribution in [0.5, 0.6) is 5.75 Å². The van der Waals surface area contributed by atoms with Crippen molar-refractivity contribution in [3.8, 4) is 11.4 Å². The third kappa shape index (κ3) is 1.24. The number of hydrogen-bond acceptors (Lipinski definition) is 3. The minimum Gasteiger partial charge on any atom is -0.491 e. The third-order valence-corrected chi connectivity index (χ3v) is 2.88. The Morgan fingerprint density at radius 1 is 1.18 bits per heavy atom. The minimum absolute atomic E-state index is 0.125. The lowest BCUT2D eigenvalue weighted by Crippen LogP contribution is -2.11. The van der Waals surface area contributed by atoms with Crippen LogP contribution < -0.4 is 10.2 Å². The van der Waals surface area contributed by atoms with Gasteiger partial charge in [0.05, 0.1) is 24.7 Å². The molecule has 1 aliphatic heterocycles. The second-order valence-electron chi connectivity index (χ2n) is 3.81. The van der Waals surface area contributed by atoms with Gasteiger partial charge in [-0.25, -0.2) is 0 Å². The highest BCUT2D eigenvalue weighted by Crippen LogP contribution is 2.27. The van der Waals surface area contributed by atoms with Gasteiger partial charge in [-0.1, -0.05) is 12.1 Å². The van der Waals surface area contributed by atoms with E-state index in [1.807, 2.05) is 12.1 Å². The molecule has 1 aromatic carbocycles. The fourth-order valence-corrected chi connectivity index (χ4v) is 2.06. The number of aromatic nitrogens is 1. The zero-order valence-electron chi connectivity index (χ0n) is 9.14. The van der Waals surface area contributed by atoms with E-state index in [1.165, 1.54) is 13.2 Å². The van der Waals surface area contributed by atoms with Gasteiger partial charge in [-0.15, -0.1) is 0 Å². The number of benzene rings is 1. The highest BCUT2D eigenvalue weighted by Gasteiger charge is 2.26. The highest BCUT2D eigenvalue weighted by atomic mass is 16.5. The van der Waals surface area contributed by atoms with Crippen LogP contribution in [0.1, 0.15) is 16.1 Å². The first-order valence-electron chi connectivity index (χ1n) is 5.17. The first-order valence-corrected chi connectivity index (χ1v) is 5.17. The molecule has 0 saturated carbocycles. The summed E-state index contributed by atoms with van der Waals surface area (Å²) < 4.78 is 6.67. The van der Waals surface area contributed by atoms with Crippen LogP contribution in [0, 0.1) is 0 Å². The van der Waals surface area contributed by atoms with Crippen molar-refractivity contribution in [1.82, 2.24) is 4.57 Å². The van der Waals surface area contributed by atoms with Crippen molar-refractivity contribution in [2.75, 3.05) is 7.11 Å². The molecular weight excluding hydrogens is 219 g/mol. The molecule has 3 rings (SSSR count). The summed E-state index contributed by atoms with van der Waals surface area (Å²) in [5, 5.41) is 0. The van der Waals surface area contributed by atoms with E-state index >= 15 is 0 Å². The molecule has 2 heterocycles. The maximum atomic E-state index is 12.0. The lowest BCUT2D eigenvalue weighted by molar-refractivity contribution is 0.103. The minimum atomic E-state index is -0.278. The van der Waals surface area contributed by atoms with Crippen LogP contribution >= 0.6 is 0 Å².